The molecule has 2 saturated heterocycles. The van der Waals surface area contributed by atoms with Gasteiger partial charge in [0.05, 0.1) is 17.7 Å². The third-order valence-corrected chi connectivity index (χ3v) is 6.09. The van der Waals surface area contributed by atoms with Crippen molar-refractivity contribution < 1.29 is 9.53 Å². The van der Waals surface area contributed by atoms with E-state index in [4.69, 9.17) is 10.5 Å². The second-order valence-corrected chi connectivity index (χ2v) is 8.43. The summed E-state index contributed by atoms with van der Waals surface area (Å²) in [4.78, 5) is 17.4. The van der Waals surface area contributed by atoms with Gasteiger partial charge in [-0.25, -0.2) is 0 Å². The van der Waals surface area contributed by atoms with Crippen LogP contribution in [0.1, 0.15) is 58.8 Å². The molecule has 2 heterocycles. The predicted molar refractivity (Wildman–Crippen MR) is 110 cm³/mol. The molecule has 3 aliphatic rings. The number of hydrogen-bond acceptors (Lipinski definition) is 4. The molecule has 154 valence electrons. The fourth-order valence-electron chi connectivity index (χ4n) is 4.83. The van der Waals surface area contributed by atoms with Crippen LogP contribution in [0.15, 0.2) is 0 Å². The molecule has 1 aliphatic carbocycles. The molecule has 5 nitrogen and oxygen atoms in total. The highest BCUT2D eigenvalue weighted by atomic mass is 35.5. The summed E-state index contributed by atoms with van der Waals surface area (Å²) < 4.78 is 5.82. The number of nitrogens with two attached hydrogens (primary N) is 1. The van der Waals surface area contributed by atoms with Crippen molar-refractivity contribution in [1.82, 2.24) is 9.80 Å². The molecule has 2 aliphatic heterocycles. The largest absolute Gasteiger partial charge is 0.373 e. The average molecular weight is 410 g/mol. The van der Waals surface area contributed by atoms with Gasteiger partial charge < -0.3 is 15.4 Å². The van der Waals surface area contributed by atoms with Gasteiger partial charge in [0.2, 0.25) is 5.91 Å². The summed E-state index contributed by atoms with van der Waals surface area (Å²) in [6.45, 7) is 9.32. The molecular formula is C19H37Cl2N3O2. The number of carbonyl (C=O) groups is 1. The lowest BCUT2D eigenvalue weighted by Gasteiger charge is -2.42. The number of ether oxygens (including phenoxy) is 1. The lowest BCUT2D eigenvalue weighted by atomic mass is 9.81. The summed E-state index contributed by atoms with van der Waals surface area (Å²) in [5.74, 6) is 0.917. The van der Waals surface area contributed by atoms with Gasteiger partial charge in [-0.1, -0.05) is 19.3 Å². The first kappa shape index (κ1) is 24.0. The number of amides is 1. The van der Waals surface area contributed by atoms with Gasteiger partial charge in [0.15, 0.2) is 0 Å². The maximum absolute atomic E-state index is 12.8. The minimum atomic E-state index is -0.569. The van der Waals surface area contributed by atoms with E-state index in [1.165, 1.54) is 6.42 Å². The van der Waals surface area contributed by atoms with Crippen LogP contribution in [0.25, 0.3) is 0 Å². The molecule has 0 radical (unpaired) electrons. The predicted octanol–water partition coefficient (Wildman–Crippen LogP) is 2.84. The topological polar surface area (TPSA) is 58.8 Å². The lowest BCUT2D eigenvalue weighted by Crippen LogP contribution is -2.58. The monoisotopic (exact) mass is 409 g/mol. The van der Waals surface area contributed by atoms with Gasteiger partial charge in [-0.05, 0) is 45.4 Å². The molecule has 0 aromatic rings. The van der Waals surface area contributed by atoms with Gasteiger partial charge in [0.1, 0.15) is 0 Å². The van der Waals surface area contributed by atoms with Crippen molar-refractivity contribution in [2.45, 2.75) is 76.5 Å². The molecule has 3 rings (SSSR count). The Morgan fingerprint density at radius 2 is 1.58 bits per heavy atom. The van der Waals surface area contributed by atoms with E-state index in [-0.39, 0.29) is 30.7 Å². The van der Waals surface area contributed by atoms with Gasteiger partial charge >= 0.3 is 0 Å². The maximum Gasteiger partial charge on any atom is 0.242 e. The fourth-order valence-corrected chi connectivity index (χ4v) is 4.83. The van der Waals surface area contributed by atoms with E-state index in [1.54, 1.807) is 0 Å². The van der Waals surface area contributed by atoms with Crippen LogP contribution >= 0.6 is 24.8 Å². The number of carbonyl (C=O) groups excluding carboxylic acids is 1. The highest BCUT2D eigenvalue weighted by Crippen LogP contribution is 2.29. The molecule has 0 spiro atoms. The smallest absolute Gasteiger partial charge is 0.242 e. The summed E-state index contributed by atoms with van der Waals surface area (Å²) in [6.07, 6.45) is 8.06. The second-order valence-electron chi connectivity index (χ2n) is 8.43. The number of rotatable bonds is 3. The van der Waals surface area contributed by atoms with Crippen LogP contribution in [0.3, 0.4) is 0 Å². The molecule has 0 aromatic heterocycles. The van der Waals surface area contributed by atoms with E-state index in [0.29, 0.717) is 18.1 Å². The normalized spacial score (nSPS) is 30.2. The molecule has 2 N–H and O–H groups in total. The van der Waals surface area contributed by atoms with Crippen LogP contribution in [0.2, 0.25) is 0 Å². The van der Waals surface area contributed by atoms with E-state index in [1.807, 2.05) is 4.90 Å². The SMILES string of the molecule is CC1CN(CC2CCN(C(=O)C3(N)CCCCC3)CC2)CC(C)O1.Cl.Cl. The van der Waals surface area contributed by atoms with E-state index >= 15 is 0 Å². The minimum Gasteiger partial charge on any atom is -0.373 e. The molecule has 2 unspecified atom stereocenters. The molecule has 0 bridgehead atoms. The summed E-state index contributed by atoms with van der Waals surface area (Å²) in [7, 11) is 0. The second kappa shape index (κ2) is 10.5. The van der Waals surface area contributed by atoms with Gasteiger partial charge in [-0.3, -0.25) is 9.69 Å². The number of piperidine rings is 1. The average Bonchev–Trinajstić information content (AvgIpc) is 2.55. The zero-order chi connectivity index (χ0) is 17.2. The van der Waals surface area contributed by atoms with E-state index < -0.39 is 5.54 Å². The number of morpholine rings is 1. The molecule has 3 fully saturated rings. The Morgan fingerprint density at radius 3 is 2.12 bits per heavy atom. The Hall–Kier alpha value is -0.0700. The number of likely N-dealkylation sites (tertiary alicyclic amines) is 1. The summed E-state index contributed by atoms with van der Waals surface area (Å²) in [5.41, 5.74) is 5.87. The van der Waals surface area contributed by atoms with Crippen molar-refractivity contribution in [3.05, 3.63) is 0 Å². The zero-order valence-corrected chi connectivity index (χ0v) is 18.0. The fraction of sp³-hybridized carbons (Fsp3) is 0.947. The summed E-state index contributed by atoms with van der Waals surface area (Å²) in [5, 5.41) is 0. The molecule has 7 heteroatoms. The molecule has 0 aromatic carbocycles. The van der Waals surface area contributed by atoms with Gasteiger partial charge in [-0.15, -0.1) is 24.8 Å². The highest BCUT2D eigenvalue weighted by Gasteiger charge is 2.39. The molecule has 2 atom stereocenters. The third kappa shape index (κ3) is 5.96. The van der Waals surface area contributed by atoms with Crippen molar-refractivity contribution in [2.24, 2.45) is 11.7 Å². The standard InChI is InChI=1S/C19H35N3O2.2ClH/c1-15-12-21(13-16(2)24-15)14-17-6-10-22(11-7-17)18(23)19(20)8-4-3-5-9-19;;/h15-17H,3-14,20H2,1-2H3;2*1H. The van der Waals surface area contributed by atoms with Crippen molar-refractivity contribution >= 4 is 30.7 Å². The van der Waals surface area contributed by atoms with E-state index in [9.17, 15) is 4.79 Å². The first-order valence-corrected chi connectivity index (χ1v) is 9.92. The zero-order valence-electron chi connectivity index (χ0n) is 16.3. The summed E-state index contributed by atoms with van der Waals surface area (Å²) in [6, 6.07) is 0. The van der Waals surface area contributed by atoms with Crippen molar-refractivity contribution in [2.75, 3.05) is 32.7 Å². The Bertz CT molecular complexity index is 429. The van der Waals surface area contributed by atoms with E-state index in [0.717, 1.165) is 71.2 Å². The van der Waals surface area contributed by atoms with E-state index in [2.05, 4.69) is 18.7 Å². The van der Waals surface area contributed by atoms with Crippen LogP contribution in [0.4, 0.5) is 0 Å². The van der Waals surface area contributed by atoms with Gasteiger partial charge in [0.25, 0.3) is 0 Å². The number of hydrogen-bond donors (Lipinski definition) is 1. The van der Waals surface area contributed by atoms with Crippen molar-refractivity contribution in [3.63, 3.8) is 0 Å². The Labute approximate surface area is 171 Å². The van der Waals surface area contributed by atoms with Crippen molar-refractivity contribution in [1.29, 1.82) is 0 Å². The lowest BCUT2D eigenvalue weighted by molar-refractivity contribution is -0.140. The number of halogens is 2. The number of nitrogens with zero attached hydrogens (tertiary/aromatic N) is 2. The van der Waals surface area contributed by atoms with Gasteiger partial charge in [0, 0.05) is 32.7 Å². The van der Waals surface area contributed by atoms with Crippen molar-refractivity contribution in [3.8, 4) is 0 Å². The Kier molecular flexibility index (Phi) is 9.65. The van der Waals surface area contributed by atoms with Gasteiger partial charge in [-0.2, -0.15) is 0 Å². The van der Waals surface area contributed by atoms with Crippen LogP contribution in [-0.4, -0.2) is 66.2 Å². The Morgan fingerprint density at radius 1 is 1.04 bits per heavy atom. The molecule has 1 amide bonds. The van der Waals surface area contributed by atoms with Crippen LogP contribution in [-0.2, 0) is 9.53 Å². The third-order valence-electron chi connectivity index (χ3n) is 6.09. The highest BCUT2D eigenvalue weighted by molar-refractivity contribution is 5.86. The molecular weight excluding hydrogens is 373 g/mol. The molecule has 26 heavy (non-hydrogen) atoms. The van der Waals surface area contributed by atoms with Crippen LogP contribution in [0.5, 0.6) is 0 Å². The first-order valence-electron chi connectivity index (χ1n) is 9.92. The van der Waals surface area contributed by atoms with Crippen LogP contribution in [0, 0.1) is 5.92 Å². The molecule has 1 saturated carbocycles. The maximum atomic E-state index is 12.8. The first-order chi connectivity index (χ1) is 11.5. The quantitative estimate of drug-likeness (QED) is 0.778. The Balaban J connectivity index is 0.00000169. The minimum absolute atomic E-state index is 0. The summed E-state index contributed by atoms with van der Waals surface area (Å²) >= 11 is 0. The van der Waals surface area contributed by atoms with Crippen LogP contribution < -0.4 is 5.73 Å².